The van der Waals surface area contributed by atoms with E-state index in [1.807, 2.05) is 0 Å². The number of hydrogen-bond acceptors (Lipinski definition) is 37. The number of amides is 4. The first-order valence-corrected chi connectivity index (χ1v) is 41.3. The summed E-state index contributed by atoms with van der Waals surface area (Å²) in [6, 6.07) is 11.1. The maximum atomic E-state index is 12.9. The van der Waals surface area contributed by atoms with Crippen LogP contribution in [0, 0.1) is 15.8 Å². The number of ether oxygens (including phenoxy) is 20. The average Bonchev–Trinajstić information content (AvgIpc) is 0.793. The lowest BCUT2D eigenvalue weighted by molar-refractivity contribution is -1.20. The number of anilines is 1. The zero-order valence-electron chi connectivity index (χ0n) is 73.7. The van der Waals surface area contributed by atoms with Gasteiger partial charge < -0.3 is 132 Å². The molecular weight excluding hydrogens is 1710 g/mol. The normalized spacial score (nSPS) is 14.1. The number of quaternary nitrogens is 3. The van der Waals surface area contributed by atoms with Gasteiger partial charge in [0.1, 0.15) is 18.3 Å². The summed E-state index contributed by atoms with van der Waals surface area (Å²) >= 11 is 0. The van der Waals surface area contributed by atoms with Crippen LogP contribution in [0.25, 0.3) is 0 Å². The van der Waals surface area contributed by atoms with E-state index < -0.39 is 74.6 Å². The molecule has 4 aromatic carbocycles. The smallest absolute Gasteiger partial charge is 0.330 e. The first kappa shape index (κ1) is 109. The number of carbonyl (C=O) groups excluding carboxylic acids is 8. The van der Waals surface area contributed by atoms with E-state index in [9.17, 15) is 74.8 Å². The average molecular weight is 1830 g/mol. The van der Waals surface area contributed by atoms with Crippen LogP contribution in [-0.2, 0) is 100 Å². The molecule has 1 aliphatic rings. The van der Waals surface area contributed by atoms with Crippen LogP contribution in [-0.4, -0.2) is 267 Å². The third-order valence-electron chi connectivity index (χ3n) is 18.7. The number of carbonyl (C=O) groups is 8. The van der Waals surface area contributed by atoms with E-state index in [1.165, 1.54) is 91.7 Å². The summed E-state index contributed by atoms with van der Waals surface area (Å²) in [6.07, 6.45) is 1.48. The molecule has 7 unspecified atom stereocenters. The molecule has 0 saturated heterocycles. The van der Waals surface area contributed by atoms with Crippen molar-refractivity contribution < 1.29 is 180 Å². The quantitative estimate of drug-likeness (QED) is 0.00990. The molecule has 0 aromatic heterocycles. The number of hydrogen-bond donors (Lipinski definition) is 12. The summed E-state index contributed by atoms with van der Waals surface area (Å²) in [7, 11) is 5.52. The van der Waals surface area contributed by atoms with Gasteiger partial charge in [-0.05, 0) is 81.2 Å². The molecule has 0 spiro atoms. The SMILES string of the molecule is C=CC(=O)OC(C)c1cc(OC)c(OCCCC(=O)NCCOCCOCC(COCCOCCNC(=O)CCCOc2cc([NH+]([O-])O)c(C(C)OC(=O)C=C)cc2OC)(COCCOCCNC(=O)CCCOc2cc([NH+](O)O)c(C(C)OC(=O)C=C)cc2OC)COCCOCCNC(=O)CCCOc2cc3c(cc2OC)C(OC(=O)C=C)CO[NH+]3O)cc1N([O-])O. The molecule has 1 aliphatic heterocycles. The van der Waals surface area contributed by atoms with E-state index >= 15 is 0 Å². The van der Waals surface area contributed by atoms with Crippen molar-refractivity contribution >= 4 is 70.3 Å². The van der Waals surface area contributed by atoms with Crippen molar-refractivity contribution in [2.75, 3.05) is 199 Å². The van der Waals surface area contributed by atoms with Gasteiger partial charge in [0.15, 0.2) is 64.4 Å². The van der Waals surface area contributed by atoms with E-state index in [0.29, 0.717) is 17.7 Å². The van der Waals surface area contributed by atoms with Crippen molar-refractivity contribution in [1.82, 2.24) is 21.3 Å². The largest absolute Gasteiger partial charge is 0.733 e. The molecule has 12 N–H and O–H groups in total. The molecule has 0 radical (unpaired) electrons. The molecule has 44 heteroatoms. The second-order valence-electron chi connectivity index (χ2n) is 28.2. The summed E-state index contributed by atoms with van der Waals surface area (Å²) in [5.74, 6) is -2.67. The van der Waals surface area contributed by atoms with Crippen LogP contribution < -0.4 is 80.1 Å². The van der Waals surface area contributed by atoms with Crippen molar-refractivity contribution in [3.63, 3.8) is 0 Å². The molecule has 718 valence electrons. The summed E-state index contributed by atoms with van der Waals surface area (Å²) < 4.78 is 115. The van der Waals surface area contributed by atoms with Gasteiger partial charge in [0.2, 0.25) is 35.0 Å². The fourth-order valence-corrected chi connectivity index (χ4v) is 12.2. The summed E-state index contributed by atoms with van der Waals surface area (Å²) in [5, 5.41) is 82.8. The molecule has 0 fully saturated rings. The summed E-state index contributed by atoms with van der Waals surface area (Å²) in [6.45, 7) is 19.7. The molecule has 4 aromatic rings. The Hall–Kier alpha value is -11.0. The predicted octanol–water partition coefficient (Wildman–Crippen LogP) is 3.42. The van der Waals surface area contributed by atoms with Crippen LogP contribution >= 0.6 is 0 Å². The molecule has 129 heavy (non-hydrogen) atoms. The highest BCUT2D eigenvalue weighted by Crippen LogP contribution is 2.42. The fraction of sp³-hybridized carbons (Fsp3) is 0.529. The Labute approximate surface area is 746 Å². The maximum Gasteiger partial charge on any atom is 0.330 e. The molecule has 1 heterocycles. The van der Waals surface area contributed by atoms with Crippen LogP contribution in [0.15, 0.2) is 99.2 Å². The van der Waals surface area contributed by atoms with E-state index in [1.54, 1.807) is 6.07 Å². The van der Waals surface area contributed by atoms with Gasteiger partial charge in [-0.1, -0.05) is 26.3 Å². The van der Waals surface area contributed by atoms with Crippen LogP contribution in [0.3, 0.4) is 0 Å². The van der Waals surface area contributed by atoms with E-state index in [2.05, 4.69) is 47.6 Å². The highest BCUT2D eigenvalue weighted by atomic mass is 16.9. The van der Waals surface area contributed by atoms with E-state index in [4.69, 9.17) is 99.6 Å². The van der Waals surface area contributed by atoms with Gasteiger partial charge in [0.05, 0.1) is 201 Å². The number of fused-ring (bicyclic) bond motifs is 1. The molecule has 0 aliphatic carbocycles. The standard InChI is InChI=1S/C85H121N8O36/c1-12-81(98)126-57(5)60-44-68(109-8)72(48-64(60)90(102)103)121-28-16-20-77(94)86-24-32-113-36-40-117-53-85(54-118-41-37-114-33-25-87-78(95)21-17-29-122-73-49-65(91(104)105)61(45-69(73)110-9)58(6)127-82(99)13-2,55-119-42-38-115-34-26-88-79(96)22-18-30-123-74-50-66(92(106)107)62(46-70(74)111-10)59(7)128-83(100)14-3)56-120-43-39-116-35-27-89-80(97)23-19-31-124-75-51-67-63(47-71(75)112-11)76(52-125-93(67)108)129-84(101)15-4/h12-15,44-51,57-59,76,90,102,104-106,108H,1-4,16-43,52-56H2,5-11H3,(H,86,94)(H,87,95)(H,88,96)(H,89,97)/q-1/p+2. The monoisotopic (exact) mass is 1830 g/mol. The highest BCUT2D eigenvalue weighted by molar-refractivity contribution is 5.83. The lowest BCUT2D eigenvalue weighted by Crippen LogP contribution is -3.05. The Morgan fingerprint density at radius 3 is 1.12 bits per heavy atom. The number of nitrogens with zero attached hydrogens (tertiary/aromatic N) is 1. The topological polar surface area (TPSA) is 542 Å². The minimum absolute atomic E-state index is 0.00671. The number of benzene rings is 4. The molecule has 0 saturated carbocycles. The predicted molar refractivity (Wildman–Crippen MR) is 451 cm³/mol. The zero-order valence-corrected chi connectivity index (χ0v) is 73.7. The van der Waals surface area contributed by atoms with E-state index in [0.717, 1.165) is 24.3 Å². The van der Waals surface area contributed by atoms with Gasteiger partial charge >= 0.3 is 23.9 Å². The van der Waals surface area contributed by atoms with Gasteiger partial charge in [-0.3, -0.25) is 24.4 Å². The highest BCUT2D eigenvalue weighted by Gasteiger charge is 2.37. The number of methoxy groups -OCH3 is 4. The lowest BCUT2D eigenvalue weighted by Gasteiger charge is -2.33. The second-order valence-corrected chi connectivity index (χ2v) is 28.2. The van der Waals surface area contributed by atoms with Crippen molar-refractivity contribution in [3.8, 4) is 46.0 Å². The Morgan fingerprint density at radius 2 is 0.775 bits per heavy atom. The van der Waals surface area contributed by atoms with Crippen molar-refractivity contribution in [2.45, 2.75) is 96.6 Å². The number of rotatable bonds is 70. The van der Waals surface area contributed by atoms with Crippen molar-refractivity contribution in [1.29, 1.82) is 0 Å². The molecule has 5 rings (SSSR count). The van der Waals surface area contributed by atoms with Gasteiger partial charge in [-0.15, -0.1) is 0 Å². The lowest BCUT2D eigenvalue weighted by atomic mass is 9.92. The first-order valence-electron chi connectivity index (χ1n) is 41.3. The molecule has 0 bridgehead atoms. The number of nitrogens with one attached hydrogen (secondary N) is 7. The Morgan fingerprint density at radius 1 is 0.457 bits per heavy atom. The van der Waals surface area contributed by atoms with Crippen LogP contribution in [0.2, 0.25) is 0 Å². The van der Waals surface area contributed by atoms with E-state index in [-0.39, 0.29) is 313 Å². The minimum Gasteiger partial charge on any atom is -0.733 e. The van der Waals surface area contributed by atoms with Gasteiger partial charge in [0, 0.05) is 93.9 Å². The van der Waals surface area contributed by atoms with Gasteiger partial charge in [-0.2, -0.15) is 25.7 Å². The van der Waals surface area contributed by atoms with Crippen LogP contribution in [0.4, 0.5) is 22.7 Å². The van der Waals surface area contributed by atoms with Crippen molar-refractivity contribution in [3.05, 3.63) is 132 Å². The first-order chi connectivity index (χ1) is 62.1. The van der Waals surface area contributed by atoms with Crippen molar-refractivity contribution in [2.24, 2.45) is 5.41 Å². The third-order valence-corrected chi connectivity index (χ3v) is 18.7. The number of esters is 4. The molecule has 7 atom stereocenters. The molecule has 44 nitrogen and oxygen atoms in total. The van der Waals surface area contributed by atoms with Gasteiger partial charge in [0.25, 0.3) is 0 Å². The third kappa shape index (κ3) is 39.5. The van der Waals surface area contributed by atoms with Crippen LogP contribution in [0.5, 0.6) is 46.0 Å². The Balaban J connectivity index is 1.17. The molecular formula is C85H123N8O36+. The summed E-state index contributed by atoms with van der Waals surface area (Å²) in [5.41, 5.74) is -0.340. The van der Waals surface area contributed by atoms with Gasteiger partial charge in [-0.25, -0.2) is 24.4 Å². The molecule has 4 amide bonds. The second kappa shape index (κ2) is 60.8. The Kier molecular flexibility index (Phi) is 51.1. The fourth-order valence-electron chi connectivity index (χ4n) is 12.2. The zero-order chi connectivity index (χ0) is 94.5. The minimum atomic E-state index is -1.30. The maximum absolute atomic E-state index is 12.9. The summed E-state index contributed by atoms with van der Waals surface area (Å²) in [4.78, 5) is 104. The van der Waals surface area contributed by atoms with Crippen LogP contribution in [0.1, 0.15) is 119 Å². The Bertz CT molecular complexity index is 3730.